The average molecular weight is 224 g/mol. The Morgan fingerprint density at radius 2 is 1.81 bits per heavy atom. The Labute approximate surface area is 98.4 Å². The monoisotopic (exact) mass is 224 g/mol. The van der Waals surface area contributed by atoms with E-state index in [4.69, 9.17) is 0 Å². The summed E-state index contributed by atoms with van der Waals surface area (Å²) in [4.78, 5) is 12.4. The van der Waals surface area contributed by atoms with Gasteiger partial charge in [0.15, 0.2) is 0 Å². The third-order valence-corrected chi connectivity index (χ3v) is 5.36. The molecule has 2 nitrogen and oxygen atoms in total. The van der Waals surface area contributed by atoms with Crippen LogP contribution < -0.4 is 0 Å². The molecule has 0 radical (unpaired) electrons. The maximum Gasteiger partial charge on any atom is 0.141 e. The van der Waals surface area contributed by atoms with Gasteiger partial charge in [-0.15, -0.1) is 0 Å². The van der Waals surface area contributed by atoms with Crippen molar-refractivity contribution in [1.29, 1.82) is 0 Å². The fraction of sp³-hybridized carbons (Fsp3) is 0.929. The first-order chi connectivity index (χ1) is 7.30. The molecular formula is C14H24O2. The van der Waals surface area contributed by atoms with Crippen molar-refractivity contribution >= 4 is 5.78 Å². The summed E-state index contributed by atoms with van der Waals surface area (Å²) in [5.41, 5.74) is -0.288. The molecule has 2 aliphatic rings. The minimum atomic E-state index is -0.244. The van der Waals surface area contributed by atoms with E-state index in [-0.39, 0.29) is 22.9 Å². The second kappa shape index (κ2) is 3.56. The highest BCUT2D eigenvalue weighted by atomic mass is 16.3. The van der Waals surface area contributed by atoms with Gasteiger partial charge in [-0.3, -0.25) is 4.79 Å². The van der Waals surface area contributed by atoms with Crippen LogP contribution in [-0.2, 0) is 4.79 Å². The number of carbonyl (C=O) groups excluding carboxylic acids is 1. The molecule has 0 spiro atoms. The van der Waals surface area contributed by atoms with E-state index in [0.29, 0.717) is 11.7 Å². The largest absolute Gasteiger partial charge is 0.393 e. The number of hydrogen-bond acceptors (Lipinski definition) is 2. The molecule has 2 fully saturated rings. The fourth-order valence-corrected chi connectivity index (χ4v) is 4.13. The van der Waals surface area contributed by atoms with Crippen LogP contribution in [-0.4, -0.2) is 17.0 Å². The van der Waals surface area contributed by atoms with Crippen LogP contribution in [0.25, 0.3) is 0 Å². The molecule has 0 heterocycles. The molecule has 16 heavy (non-hydrogen) atoms. The standard InChI is InChI=1S/C14H24O2/c1-9-5-6-10-13(2,3)11(15)7-8-14(10,4)12(9)16/h9-11,15H,5-8H2,1-4H3/t9-,10+,11+,14+/m1/s1. The molecule has 0 saturated heterocycles. The first-order valence-electron chi connectivity index (χ1n) is 6.52. The summed E-state index contributed by atoms with van der Waals surface area (Å²) >= 11 is 0. The summed E-state index contributed by atoms with van der Waals surface area (Å²) in [5.74, 6) is 1.00. The summed E-state index contributed by atoms with van der Waals surface area (Å²) < 4.78 is 0. The van der Waals surface area contributed by atoms with Crippen LogP contribution in [0.4, 0.5) is 0 Å². The summed E-state index contributed by atoms with van der Waals surface area (Å²) in [6.45, 7) is 8.44. The first-order valence-corrected chi connectivity index (χ1v) is 6.52. The zero-order valence-electron chi connectivity index (χ0n) is 10.9. The lowest BCUT2D eigenvalue weighted by Gasteiger charge is -2.55. The highest BCUT2D eigenvalue weighted by Crippen LogP contribution is 2.57. The minimum absolute atomic E-state index is 0.108. The fourth-order valence-electron chi connectivity index (χ4n) is 4.13. The SMILES string of the molecule is C[C@@H]1CC[C@H]2C(C)(C)[C@@H](O)CC[C@]2(C)C1=O. The smallest absolute Gasteiger partial charge is 0.141 e. The third kappa shape index (κ3) is 1.46. The number of carbonyl (C=O) groups is 1. The van der Waals surface area contributed by atoms with Gasteiger partial charge in [0.05, 0.1) is 6.10 Å². The molecule has 2 heteroatoms. The molecule has 0 bridgehead atoms. The zero-order chi connectivity index (χ0) is 12.1. The summed E-state index contributed by atoms with van der Waals surface area (Å²) in [6.07, 6.45) is 3.49. The number of fused-ring (bicyclic) bond motifs is 1. The predicted octanol–water partition coefficient (Wildman–Crippen LogP) is 2.79. The van der Waals surface area contributed by atoms with Crippen molar-refractivity contribution < 1.29 is 9.90 Å². The molecular weight excluding hydrogens is 200 g/mol. The molecule has 0 aromatic heterocycles. The highest BCUT2D eigenvalue weighted by Gasteiger charge is 2.56. The minimum Gasteiger partial charge on any atom is -0.393 e. The number of ketones is 1. The Morgan fingerprint density at radius 1 is 1.19 bits per heavy atom. The van der Waals surface area contributed by atoms with Gasteiger partial charge in [-0.25, -0.2) is 0 Å². The second-order valence-corrected chi connectivity index (χ2v) is 6.69. The van der Waals surface area contributed by atoms with E-state index in [1.165, 1.54) is 0 Å². The quantitative estimate of drug-likeness (QED) is 0.687. The van der Waals surface area contributed by atoms with E-state index in [1.807, 2.05) is 0 Å². The van der Waals surface area contributed by atoms with Crippen molar-refractivity contribution in [3.63, 3.8) is 0 Å². The van der Waals surface area contributed by atoms with E-state index in [9.17, 15) is 9.90 Å². The lowest BCUT2D eigenvalue weighted by Crippen LogP contribution is -2.56. The molecule has 0 aliphatic heterocycles. The van der Waals surface area contributed by atoms with Crippen molar-refractivity contribution in [1.82, 2.24) is 0 Å². The van der Waals surface area contributed by atoms with Crippen LogP contribution >= 0.6 is 0 Å². The van der Waals surface area contributed by atoms with Gasteiger partial charge in [0, 0.05) is 11.3 Å². The molecule has 4 atom stereocenters. The molecule has 2 rings (SSSR count). The Morgan fingerprint density at radius 3 is 2.44 bits per heavy atom. The molecule has 1 N–H and O–H groups in total. The predicted molar refractivity (Wildman–Crippen MR) is 64.0 cm³/mol. The lowest BCUT2D eigenvalue weighted by atomic mass is 9.49. The van der Waals surface area contributed by atoms with Gasteiger partial charge < -0.3 is 5.11 Å². The molecule has 0 aromatic rings. The molecule has 92 valence electrons. The molecule has 0 amide bonds. The highest BCUT2D eigenvalue weighted by molar-refractivity contribution is 5.87. The maximum absolute atomic E-state index is 12.4. The van der Waals surface area contributed by atoms with E-state index >= 15 is 0 Å². The van der Waals surface area contributed by atoms with Gasteiger partial charge in [0.2, 0.25) is 0 Å². The van der Waals surface area contributed by atoms with E-state index < -0.39 is 0 Å². The lowest BCUT2D eigenvalue weighted by molar-refractivity contribution is -0.159. The number of aliphatic hydroxyl groups excluding tert-OH is 1. The number of Topliss-reactive ketones (excluding diaryl/α,β-unsaturated/α-hetero) is 1. The number of hydrogen-bond donors (Lipinski definition) is 1. The van der Waals surface area contributed by atoms with Crippen LogP contribution in [0, 0.1) is 22.7 Å². The van der Waals surface area contributed by atoms with Crippen LogP contribution in [0.5, 0.6) is 0 Å². The van der Waals surface area contributed by atoms with Crippen molar-refractivity contribution in [2.24, 2.45) is 22.7 Å². The van der Waals surface area contributed by atoms with Crippen molar-refractivity contribution in [2.45, 2.75) is 59.5 Å². The van der Waals surface area contributed by atoms with Crippen molar-refractivity contribution in [3.05, 3.63) is 0 Å². The average Bonchev–Trinajstić information content (AvgIpc) is 2.21. The normalized spacial score (nSPS) is 47.6. The first kappa shape index (κ1) is 12.1. The molecule has 2 saturated carbocycles. The van der Waals surface area contributed by atoms with Crippen LogP contribution in [0.3, 0.4) is 0 Å². The van der Waals surface area contributed by atoms with Gasteiger partial charge in [-0.2, -0.15) is 0 Å². The van der Waals surface area contributed by atoms with E-state index in [0.717, 1.165) is 25.7 Å². The summed E-state index contributed by atoms with van der Waals surface area (Å²) in [6, 6.07) is 0. The second-order valence-electron chi connectivity index (χ2n) is 6.69. The van der Waals surface area contributed by atoms with Gasteiger partial charge in [-0.05, 0) is 37.0 Å². The maximum atomic E-state index is 12.4. The summed E-state index contributed by atoms with van der Waals surface area (Å²) in [7, 11) is 0. The third-order valence-electron chi connectivity index (χ3n) is 5.36. The summed E-state index contributed by atoms with van der Waals surface area (Å²) in [5, 5.41) is 10.1. The van der Waals surface area contributed by atoms with Gasteiger partial charge in [0.1, 0.15) is 5.78 Å². The number of aliphatic hydroxyl groups is 1. The van der Waals surface area contributed by atoms with Crippen molar-refractivity contribution in [2.75, 3.05) is 0 Å². The molecule has 0 unspecified atom stereocenters. The molecule has 0 aromatic carbocycles. The Balaban J connectivity index is 2.36. The topological polar surface area (TPSA) is 37.3 Å². The molecule has 2 aliphatic carbocycles. The van der Waals surface area contributed by atoms with Gasteiger partial charge in [-0.1, -0.05) is 27.7 Å². The van der Waals surface area contributed by atoms with E-state index in [2.05, 4.69) is 27.7 Å². The van der Waals surface area contributed by atoms with Gasteiger partial charge >= 0.3 is 0 Å². The van der Waals surface area contributed by atoms with Crippen LogP contribution in [0.15, 0.2) is 0 Å². The zero-order valence-corrected chi connectivity index (χ0v) is 10.9. The Bertz CT molecular complexity index is 308. The van der Waals surface area contributed by atoms with Crippen LogP contribution in [0.2, 0.25) is 0 Å². The Hall–Kier alpha value is -0.370. The van der Waals surface area contributed by atoms with Crippen LogP contribution in [0.1, 0.15) is 53.4 Å². The Kier molecular flexibility index (Phi) is 2.69. The van der Waals surface area contributed by atoms with E-state index in [1.54, 1.807) is 0 Å². The van der Waals surface area contributed by atoms with Gasteiger partial charge in [0.25, 0.3) is 0 Å². The number of rotatable bonds is 0. The van der Waals surface area contributed by atoms with Crippen molar-refractivity contribution in [3.8, 4) is 0 Å².